The summed E-state index contributed by atoms with van der Waals surface area (Å²) in [5.41, 5.74) is -3.73. The molecule has 1 rings (SSSR count). The van der Waals surface area contributed by atoms with Gasteiger partial charge in [0.1, 0.15) is 5.75 Å². The molecule has 1 aromatic carbocycles. The van der Waals surface area contributed by atoms with Gasteiger partial charge in [-0.05, 0) is 41.1 Å². The number of carboxylic acids is 1. The SMILES string of the molecule is CC(NC(=O)c1ccc(Br)c(O)c1)(C(=O)O)C(F)(F)F. The summed E-state index contributed by atoms with van der Waals surface area (Å²) in [6.07, 6.45) is -5.17. The van der Waals surface area contributed by atoms with E-state index < -0.39 is 23.6 Å². The fourth-order valence-electron chi connectivity index (χ4n) is 1.20. The minimum absolute atomic E-state index is 0.242. The zero-order valence-corrected chi connectivity index (χ0v) is 11.5. The van der Waals surface area contributed by atoms with E-state index in [4.69, 9.17) is 5.11 Å². The van der Waals surface area contributed by atoms with Crippen LogP contribution in [-0.4, -0.2) is 33.8 Å². The van der Waals surface area contributed by atoms with Gasteiger partial charge in [-0.15, -0.1) is 0 Å². The Hall–Kier alpha value is -1.77. The van der Waals surface area contributed by atoms with Gasteiger partial charge in [0.25, 0.3) is 5.91 Å². The highest BCUT2D eigenvalue weighted by atomic mass is 79.9. The van der Waals surface area contributed by atoms with Gasteiger partial charge in [0.05, 0.1) is 4.47 Å². The average molecular weight is 356 g/mol. The van der Waals surface area contributed by atoms with Crippen LogP contribution in [0.1, 0.15) is 17.3 Å². The first-order valence-corrected chi connectivity index (χ1v) is 5.89. The van der Waals surface area contributed by atoms with Gasteiger partial charge in [-0.25, -0.2) is 4.79 Å². The molecule has 1 unspecified atom stereocenters. The molecule has 1 atom stereocenters. The number of carbonyl (C=O) groups excluding carboxylic acids is 1. The third kappa shape index (κ3) is 3.03. The summed E-state index contributed by atoms with van der Waals surface area (Å²) >= 11 is 2.94. The highest BCUT2D eigenvalue weighted by Gasteiger charge is 2.58. The van der Waals surface area contributed by atoms with Gasteiger partial charge in [0.2, 0.25) is 5.54 Å². The summed E-state index contributed by atoms with van der Waals surface area (Å²) in [5.74, 6) is -3.86. The molecule has 20 heavy (non-hydrogen) atoms. The molecule has 0 radical (unpaired) electrons. The normalized spacial score (nSPS) is 14.4. The third-order valence-corrected chi connectivity index (χ3v) is 3.24. The smallest absolute Gasteiger partial charge is 0.422 e. The Kier molecular flexibility index (Phi) is 4.33. The predicted octanol–water partition coefficient (Wildman–Crippen LogP) is 2.29. The molecule has 0 heterocycles. The largest absolute Gasteiger partial charge is 0.507 e. The standard InChI is InChI=1S/C11H9BrF3NO4/c1-10(9(19)20,11(13,14)15)16-8(18)5-2-3-6(12)7(17)4-5/h2-4,17H,1H3,(H,16,18)(H,19,20). The lowest BCUT2D eigenvalue weighted by Crippen LogP contribution is -2.61. The summed E-state index contributed by atoms with van der Waals surface area (Å²) < 4.78 is 38.4. The van der Waals surface area contributed by atoms with Crippen LogP contribution in [0, 0.1) is 0 Å². The minimum Gasteiger partial charge on any atom is -0.507 e. The molecule has 110 valence electrons. The maximum absolute atomic E-state index is 12.7. The average Bonchev–Trinajstić information content (AvgIpc) is 2.30. The third-order valence-electron chi connectivity index (χ3n) is 2.57. The highest BCUT2D eigenvalue weighted by molar-refractivity contribution is 9.10. The molecule has 0 saturated heterocycles. The van der Waals surface area contributed by atoms with Gasteiger partial charge in [-0.3, -0.25) is 4.79 Å². The van der Waals surface area contributed by atoms with E-state index in [-0.39, 0.29) is 15.8 Å². The lowest BCUT2D eigenvalue weighted by atomic mass is 10.0. The Morgan fingerprint density at radius 1 is 1.30 bits per heavy atom. The molecule has 0 aromatic heterocycles. The van der Waals surface area contributed by atoms with Gasteiger partial charge in [0, 0.05) is 5.56 Å². The van der Waals surface area contributed by atoms with Gasteiger partial charge >= 0.3 is 12.1 Å². The number of benzene rings is 1. The first kappa shape index (κ1) is 16.3. The number of halogens is 4. The van der Waals surface area contributed by atoms with Gasteiger partial charge in [-0.2, -0.15) is 13.2 Å². The van der Waals surface area contributed by atoms with E-state index in [9.17, 15) is 27.9 Å². The Morgan fingerprint density at radius 3 is 2.25 bits per heavy atom. The van der Waals surface area contributed by atoms with Crippen LogP contribution in [0.5, 0.6) is 5.75 Å². The molecular formula is C11H9BrF3NO4. The second kappa shape index (κ2) is 5.31. The highest BCUT2D eigenvalue weighted by Crippen LogP contribution is 2.31. The quantitative estimate of drug-likeness (QED) is 0.776. The van der Waals surface area contributed by atoms with E-state index in [1.54, 1.807) is 0 Å². The summed E-state index contributed by atoms with van der Waals surface area (Å²) in [6.45, 7) is 0.339. The van der Waals surface area contributed by atoms with Crippen molar-refractivity contribution in [2.45, 2.75) is 18.6 Å². The Labute approximate surface area is 119 Å². The van der Waals surface area contributed by atoms with Crippen molar-refractivity contribution in [1.29, 1.82) is 0 Å². The molecule has 0 fully saturated rings. The fraction of sp³-hybridized carbons (Fsp3) is 0.273. The van der Waals surface area contributed by atoms with E-state index in [1.165, 1.54) is 11.4 Å². The summed E-state index contributed by atoms with van der Waals surface area (Å²) in [5, 5.41) is 19.4. The monoisotopic (exact) mass is 355 g/mol. The molecule has 0 bridgehead atoms. The topological polar surface area (TPSA) is 86.6 Å². The lowest BCUT2D eigenvalue weighted by molar-refractivity contribution is -0.203. The first-order valence-electron chi connectivity index (χ1n) is 5.10. The van der Waals surface area contributed by atoms with Gasteiger partial charge in [-0.1, -0.05) is 0 Å². The van der Waals surface area contributed by atoms with Crippen LogP contribution in [-0.2, 0) is 4.79 Å². The van der Waals surface area contributed by atoms with Gasteiger partial charge < -0.3 is 15.5 Å². The first-order chi connectivity index (χ1) is 8.99. The van der Waals surface area contributed by atoms with E-state index in [1.807, 2.05) is 0 Å². The van der Waals surface area contributed by atoms with Crippen molar-refractivity contribution in [3.05, 3.63) is 28.2 Å². The number of aliphatic carboxylic acids is 1. The number of aromatic hydroxyl groups is 1. The van der Waals surface area contributed by atoms with Crippen LogP contribution in [0.25, 0.3) is 0 Å². The number of nitrogens with one attached hydrogen (secondary N) is 1. The summed E-state index contributed by atoms with van der Waals surface area (Å²) in [7, 11) is 0. The Bertz CT molecular complexity index is 561. The molecule has 0 aliphatic rings. The number of amides is 1. The van der Waals surface area contributed by atoms with Gasteiger partial charge in [0.15, 0.2) is 0 Å². The van der Waals surface area contributed by atoms with Crippen LogP contribution >= 0.6 is 15.9 Å². The summed E-state index contributed by atoms with van der Waals surface area (Å²) in [6, 6.07) is 3.30. The van der Waals surface area contributed by atoms with Crippen molar-refractivity contribution in [2.24, 2.45) is 0 Å². The maximum Gasteiger partial charge on any atom is 0.422 e. The minimum atomic E-state index is -5.17. The fourth-order valence-corrected chi connectivity index (χ4v) is 1.45. The van der Waals surface area contributed by atoms with Crippen LogP contribution in [0.15, 0.2) is 22.7 Å². The molecule has 0 spiro atoms. The summed E-state index contributed by atoms with van der Waals surface area (Å²) in [4.78, 5) is 22.4. The number of rotatable bonds is 3. The van der Waals surface area contributed by atoms with Crippen molar-refractivity contribution < 1.29 is 33.0 Å². The van der Waals surface area contributed by atoms with E-state index in [0.29, 0.717) is 6.92 Å². The predicted molar refractivity (Wildman–Crippen MR) is 65.4 cm³/mol. The molecule has 0 aliphatic carbocycles. The van der Waals surface area contributed by atoms with Crippen molar-refractivity contribution >= 4 is 27.8 Å². The Morgan fingerprint density at radius 2 is 1.85 bits per heavy atom. The van der Waals surface area contributed by atoms with E-state index in [2.05, 4.69) is 15.9 Å². The van der Waals surface area contributed by atoms with Crippen molar-refractivity contribution in [2.75, 3.05) is 0 Å². The molecule has 0 saturated carbocycles. The Balaban J connectivity index is 3.09. The number of hydrogen-bond donors (Lipinski definition) is 3. The van der Waals surface area contributed by atoms with E-state index >= 15 is 0 Å². The van der Waals surface area contributed by atoms with Crippen molar-refractivity contribution in [3.63, 3.8) is 0 Å². The zero-order chi connectivity index (χ0) is 15.7. The maximum atomic E-state index is 12.7. The number of phenols is 1. The number of phenolic OH excluding ortho intramolecular Hbond substituents is 1. The lowest BCUT2D eigenvalue weighted by Gasteiger charge is -2.28. The molecule has 5 nitrogen and oxygen atoms in total. The van der Waals surface area contributed by atoms with Crippen LogP contribution in [0.4, 0.5) is 13.2 Å². The second-order valence-corrected chi connectivity index (χ2v) is 4.90. The van der Waals surface area contributed by atoms with Crippen molar-refractivity contribution in [1.82, 2.24) is 5.32 Å². The number of hydrogen-bond acceptors (Lipinski definition) is 3. The molecule has 0 aliphatic heterocycles. The molecule has 1 aromatic rings. The zero-order valence-electron chi connectivity index (χ0n) is 9.95. The number of carboxylic acid groups (broad SMARTS) is 1. The molecular weight excluding hydrogens is 347 g/mol. The van der Waals surface area contributed by atoms with Crippen molar-refractivity contribution in [3.8, 4) is 5.75 Å². The number of alkyl halides is 3. The molecule has 1 amide bonds. The van der Waals surface area contributed by atoms with Crippen LogP contribution in [0.2, 0.25) is 0 Å². The van der Waals surface area contributed by atoms with Crippen LogP contribution in [0.3, 0.4) is 0 Å². The second-order valence-electron chi connectivity index (χ2n) is 4.05. The number of carbonyl (C=O) groups is 2. The molecule has 3 N–H and O–H groups in total. The van der Waals surface area contributed by atoms with E-state index in [0.717, 1.165) is 12.1 Å². The van der Waals surface area contributed by atoms with Crippen LogP contribution < -0.4 is 5.32 Å². The molecule has 9 heteroatoms.